The molecule has 4 heterocycles. The molecule has 29 heavy (non-hydrogen) atoms. The Morgan fingerprint density at radius 2 is 1.79 bits per heavy atom. The van der Waals surface area contributed by atoms with Crippen LogP contribution in [0.4, 0.5) is 5.69 Å². The molecule has 1 unspecified atom stereocenters. The number of hydrogen-bond donors (Lipinski definition) is 0. The van der Waals surface area contributed by atoms with Gasteiger partial charge in [0.2, 0.25) is 10.0 Å². The van der Waals surface area contributed by atoms with Gasteiger partial charge in [-0.15, -0.1) is 0 Å². The number of nitrogens with zero attached hydrogens (tertiary/aromatic N) is 5. The third kappa shape index (κ3) is 3.50. The lowest BCUT2D eigenvalue weighted by molar-refractivity contribution is 0.122. The van der Waals surface area contributed by atoms with E-state index in [4.69, 9.17) is 4.74 Å². The summed E-state index contributed by atoms with van der Waals surface area (Å²) < 4.78 is 34.5. The maximum Gasteiger partial charge on any atom is 0.243 e. The van der Waals surface area contributed by atoms with Gasteiger partial charge in [0.05, 0.1) is 30.0 Å². The van der Waals surface area contributed by atoms with Gasteiger partial charge in [0.25, 0.3) is 0 Å². The largest absolute Gasteiger partial charge is 0.378 e. The van der Waals surface area contributed by atoms with Gasteiger partial charge >= 0.3 is 0 Å². The van der Waals surface area contributed by atoms with E-state index in [0.29, 0.717) is 23.8 Å². The van der Waals surface area contributed by atoms with E-state index in [9.17, 15) is 8.42 Å². The lowest BCUT2D eigenvalue weighted by Gasteiger charge is -2.28. The van der Waals surface area contributed by atoms with Gasteiger partial charge in [-0.25, -0.2) is 17.9 Å². The Morgan fingerprint density at radius 1 is 1.00 bits per heavy atom. The van der Waals surface area contributed by atoms with E-state index in [1.165, 1.54) is 4.31 Å². The van der Waals surface area contributed by atoms with Crippen LogP contribution in [0, 0.1) is 0 Å². The maximum absolute atomic E-state index is 12.9. The first kappa shape index (κ1) is 18.5. The average Bonchev–Trinajstić information content (AvgIpc) is 3.42. The summed E-state index contributed by atoms with van der Waals surface area (Å²) in [6.45, 7) is 4.08. The number of sulfonamides is 1. The maximum atomic E-state index is 12.9. The molecule has 1 aromatic carbocycles. The fraction of sp³-hybridized carbons (Fsp3) is 0.400. The molecule has 2 aromatic heterocycles. The Kier molecular flexibility index (Phi) is 4.73. The Labute approximate surface area is 169 Å². The fourth-order valence-electron chi connectivity index (χ4n) is 3.97. The van der Waals surface area contributed by atoms with Crippen molar-refractivity contribution in [2.24, 2.45) is 0 Å². The third-order valence-electron chi connectivity index (χ3n) is 5.61. The highest BCUT2D eigenvalue weighted by molar-refractivity contribution is 7.89. The molecule has 8 nitrogen and oxygen atoms in total. The van der Waals surface area contributed by atoms with Gasteiger partial charge in [0, 0.05) is 32.1 Å². The van der Waals surface area contributed by atoms with Crippen molar-refractivity contribution in [1.82, 2.24) is 18.9 Å². The zero-order valence-electron chi connectivity index (χ0n) is 16.0. The number of aromatic nitrogens is 3. The molecule has 2 saturated heterocycles. The summed E-state index contributed by atoms with van der Waals surface area (Å²) in [5.41, 5.74) is 1.87. The summed E-state index contributed by atoms with van der Waals surface area (Å²) in [6.07, 6.45) is 2.71. The molecule has 9 heteroatoms. The van der Waals surface area contributed by atoms with Gasteiger partial charge in [0.1, 0.15) is 0 Å². The number of rotatable bonds is 4. The van der Waals surface area contributed by atoms with E-state index >= 15 is 0 Å². The number of benzene rings is 1. The minimum Gasteiger partial charge on any atom is -0.378 e. The first-order valence-corrected chi connectivity index (χ1v) is 11.3. The average molecular weight is 414 g/mol. The molecule has 0 N–H and O–H groups in total. The van der Waals surface area contributed by atoms with Crippen LogP contribution < -0.4 is 4.90 Å². The van der Waals surface area contributed by atoms with Crippen LogP contribution in [0.25, 0.3) is 5.65 Å². The van der Waals surface area contributed by atoms with Crippen molar-refractivity contribution < 1.29 is 13.2 Å². The second-order valence-corrected chi connectivity index (χ2v) is 9.36. The number of ether oxygens (including phenoxy) is 1. The smallest absolute Gasteiger partial charge is 0.243 e. The number of fused-ring (bicyclic) bond motifs is 1. The van der Waals surface area contributed by atoms with Crippen molar-refractivity contribution in [2.45, 2.75) is 17.2 Å². The predicted molar refractivity (Wildman–Crippen MR) is 109 cm³/mol. The molecular weight excluding hydrogens is 390 g/mol. The number of hydrogen-bond acceptors (Lipinski definition) is 6. The SMILES string of the molecule is O=S(=O)(c1ccccc1)N1CCC(c2nc3ccc(N4CCOCC4)cn3n2)C1. The lowest BCUT2D eigenvalue weighted by Crippen LogP contribution is -2.36. The minimum atomic E-state index is -3.48. The Morgan fingerprint density at radius 3 is 2.59 bits per heavy atom. The van der Waals surface area contributed by atoms with Gasteiger partial charge in [-0.2, -0.15) is 9.40 Å². The third-order valence-corrected chi connectivity index (χ3v) is 7.48. The topological polar surface area (TPSA) is 80.0 Å². The summed E-state index contributed by atoms with van der Waals surface area (Å²) in [5, 5.41) is 4.67. The van der Waals surface area contributed by atoms with Gasteiger partial charge in [-0.3, -0.25) is 0 Å². The summed E-state index contributed by atoms with van der Waals surface area (Å²) in [5.74, 6) is 0.704. The van der Waals surface area contributed by atoms with Crippen LogP contribution in [-0.4, -0.2) is 66.7 Å². The van der Waals surface area contributed by atoms with E-state index in [0.717, 1.165) is 44.1 Å². The highest BCUT2D eigenvalue weighted by Gasteiger charge is 2.35. The standard InChI is InChI=1S/C20H23N5O3S/c26-29(27,18-4-2-1-3-5-18)24-9-8-16(14-24)20-21-19-7-6-17(15-25(19)22-20)23-10-12-28-13-11-23/h1-7,15-16H,8-14H2. The van der Waals surface area contributed by atoms with Crippen LogP contribution in [0.3, 0.4) is 0 Å². The van der Waals surface area contributed by atoms with Gasteiger partial charge in [0.15, 0.2) is 11.5 Å². The normalized spacial score (nSPS) is 21.1. The minimum absolute atomic E-state index is 0.000207. The van der Waals surface area contributed by atoms with Crippen LogP contribution in [0.1, 0.15) is 18.2 Å². The lowest BCUT2D eigenvalue weighted by atomic mass is 10.1. The first-order chi connectivity index (χ1) is 14.1. The van der Waals surface area contributed by atoms with E-state index in [1.807, 2.05) is 18.3 Å². The molecule has 2 fully saturated rings. The predicted octanol–water partition coefficient (Wildman–Crippen LogP) is 1.74. The monoisotopic (exact) mass is 413 g/mol. The summed E-state index contributed by atoms with van der Waals surface area (Å²) in [7, 11) is -3.48. The molecular formula is C20H23N5O3S. The second-order valence-electron chi connectivity index (χ2n) is 7.42. The number of pyridine rings is 1. The van der Waals surface area contributed by atoms with E-state index in [1.54, 1.807) is 28.8 Å². The zero-order chi connectivity index (χ0) is 19.8. The van der Waals surface area contributed by atoms with Crippen molar-refractivity contribution >= 4 is 21.4 Å². The number of morpholine rings is 1. The molecule has 5 rings (SSSR count). The van der Waals surface area contributed by atoms with Crippen molar-refractivity contribution in [3.05, 3.63) is 54.5 Å². The summed E-state index contributed by atoms with van der Waals surface area (Å²) in [4.78, 5) is 7.26. The fourth-order valence-corrected chi connectivity index (χ4v) is 5.49. The molecule has 0 aliphatic carbocycles. The Hall–Kier alpha value is -2.49. The van der Waals surface area contributed by atoms with Crippen molar-refractivity contribution in [3.63, 3.8) is 0 Å². The van der Waals surface area contributed by atoms with Gasteiger partial charge in [-0.05, 0) is 30.7 Å². The zero-order valence-corrected chi connectivity index (χ0v) is 16.8. The van der Waals surface area contributed by atoms with Crippen molar-refractivity contribution in [1.29, 1.82) is 0 Å². The molecule has 3 aromatic rings. The quantitative estimate of drug-likeness (QED) is 0.648. The van der Waals surface area contributed by atoms with Gasteiger partial charge in [-0.1, -0.05) is 18.2 Å². The van der Waals surface area contributed by atoms with Crippen molar-refractivity contribution in [3.8, 4) is 0 Å². The molecule has 0 spiro atoms. The molecule has 0 radical (unpaired) electrons. The van der Waals surface area contributed by atoms with Crippen molar-refractivity contribution in [2.75, 3.05) is 44.3 Å². The van der Waals surface area contributed by atoms with Crippen LogP contribution in [0.5, 0.6) is 0 Å². The van der Waals surface area contributed by atoms with Crippen LogP contribution in [-0.2, 0) is 14.8 Å². The van der Waals surface area contributed by atoms with Crippen LogP contribution in [0.2, 0.25) is 0 Å². The van der Waals surface area contributed by atoms with Crippen LogP contribution >= 0.6 is 0 Å². The molecule has 1 atom stereocenters. The van der Waals surface area contributed by atoms with E-state index in [-0.39, 0.29) is 5.92 Å². The van der Waals surface area contributed by atoms with Crippen LogP contribution in [0.15, 0.2) is 53.6 Å². The molecule has 0 amide bonds. The van der Waals surface area contributed by atoms with E-state index in [2.05, 4.69) is 21.0 Å². The highest BCUT2D eigenvalue weighted by Crippen LogP contribution is 2.30. The first-order valence-electron chi connectivity index (χ1n) is 9.85. The second kappa shape index (κ2) is 7.40. The molecule has 0 saturated carbocycles. The molecule has 2 aliphatic rings. The van der Waals surface area contributed by atoms with Gasteiger partial charge < -0.3 is 9.64 Å². The Bertz CT molecular complexity index is 1110. The number of anilines is 1. The molecule has 152 valence electrons. The summed E-state index contributed by atoms with van der Waals surface area (Å²) in [6, 6.07) is 12.6. The highest BCUT2D eigenvalue weighted by atomic mass is 32.2. The molecule has 0 bridgehead atoms. The summed E-state index contributed by atoms with van der Waals surface area (Å²) >= 11 is 0. The van der Waals surface area contributed by atoms with E-state index < -0.39 is 10.0 Å². The molecule has 2 aliphatic heterocycles. The Balaban J connectivity index is 1.36.